The summed E-state index contributed by atoms with van der Waals surface area (Å²) in [7, 11) is 0. The zero-order valence-corrected chi connectivity index (χ0v) is 12.8. The van der Waals surface area contributed by atoms with Gasteiger partial charge in [0.2, 0.25) is 11.8 Å². The minimum atomic E-state index is -0.188. The molecule has 0 unspecified atom stereocenters. The lowest BCUT2D eigenvalue weighted by Crippen LogP contribution is -2.34. The molecule has 1 aliphatic carbocycles. The normalized spacial score (nSPS) is 13.9. The Kier molecular flexibility index (Phi) is 6.01. The lowest BCUT2D eigenvalue weighted by atomic mass is 10.2. The van der Waals surface area contributed by atoms with E-state index in [-0.39, 0.29) is 17.7 Å². The molecule has 0 atom stereocenters. The van der Waals surface area contributed by atoms with E-state index in [1.54, 1.807) is 6.08 Å². The minimum Gasteiger partial charge on any atom is -0.493 e. The first-order chi connectivity index (χ1) is 10.7. The Morgan fingerprint density at radius 3 is 2.68 bits per heavy atom. The van der Waals surface area contributed by atoms with Gasteiger partial charge in [0.1, 0.15) is 5.75 Å². The first kappa shape index (κ1) is 16.1. The molecule has 1 aromatic carbocycles. The van der Waals surface area contributed by atoms with Gasteiger partial charge in [-0.2, -0.15) is 0 Å². The van der Waals surface area contributed by atoms with Crippen molar-refractivity contribution in [2.75, 3.05) is 19.7 Å². The molecule has 5 heteroatoms. The Balaban J connectivity index is 1.72. The number of benzene rings is 1. The van der Waals surface area contributed by atoms with Crippen molar-refractivity contribution in [1.29, 1.82) is 0 Å². The Labute approximate surface area is 130 Å². The maximum atomic E-state index is 11.7. The fraction of sp³-hybridized carbons (Fsp3) is 0.412. The van der Waals surface area contributed by atoms with Crippen molar-refractivity contribution in [3.8, 4) is 5.75 Å². The van der Waals surface area contributed by atoms with Crippen LogP contribution in [0.4, 0.5) is 0 Å². The van der Waals surface area contributed by atoms with Crippen molar-refractivity contribution in [3.63, 3.8) is 0 Å². The van der Waals surface area contributed by atoms with Gasteiger partial charge in [0.25, 0.3) is 0 Å². The molecule has 0 heterocycles. The fourth-order valence-electron chi connectivity index (χ4n) is 1.99. The monoisotopic (exact) mass is 302 g/mol. The summed E-state index contributed by atoms with van der Waals surface area (Å²) in [5.41, 5.74) is 0.863. The second-order valence-electron chi connectivity index (χ2n) is 5.16. The third-order valence-electron chi connectivity index (χ3n) is 3.30. The van der Waals surface area contributed by atoms with E-state index in [4.69, 9.17) is 4.74 Å². The van der Waals surface area contributed by atoms with Crippen LogP contribution in [-0.2, 0) is 9.59 Å². The van der Waals surface area contributed by atoms with Crippen LogP contribution in [0.15, 0.2) is 30.3 Å². The van der Waals surface area contributed by atoms with Crippen molar-refractivity contribution in [2.45, 2.75) is 19.8 Å². The van der Waals surface area contributed by atoms with Crippen LogP contribution in [0, 0.1) is 5.92 Å². The van der Waals surface area contributed by atoms with E-state index in [2.05, 4.69) is 10.6 Å². The summed E-state index contributed by atoms with van der Waals surface area (Å²) in [5, 5.41) is 5.54. The van der Waals surface area contributed by atoms with Gasteiger partial charge in [-0.1, -0.05) is 18.2 Å². The lowest BCUT2D eigenvalue weighted by molar-refractivity contribution is -0.122. The molecule has 1 fully saturated rings. The van der Waals surface area contributed by atoms with Crippen LogP contribution in [0.2, 0.25) is 0 Å². The predicted octanol–water partition coefficient (Wildman–Crippen LogP) is 1.74. The van der Waals surface area contributed by atoms with Gasteiger partial charge in [-0.25, -0.2) is 0 Å². The zero-order chi connectivity index (χ0) is 15.8. The minimum absolute atomic E-state index is 0.0930. The molecule has 0 bridgehead atoms. The number of para-hydroxylation sites is 1. The molecule has 0 aromatic heterocycles. The van der Waals surface area contributed by atoms with Crippen molar-refractivity contribution < 1.29 is 14.3 Å². The van der Waals surface area contributed by atoms with Crippen LogP contribution in [0.3, 0.4) is 0 Å². The number of rotatable bonds is 8. The van der Waals surface area contributed by atoms with Crippen LogP contribution in [0.1, 0.15) is 25.3 Å². The molecular weight excluding hydrogens is 280 g/mol. The molecule has 2 N–H and O–H groups in total. The summed E-state index contributed by atoms with van der Waals surface area (Å²) in [6.45, 7) is 3.39. The first-order valence-electron chi connectivity index (χ1n) is 7.66. The third-order valence-corrected chi connectivity index (χ3v) is 3.30. The van der Waals surface area contributed by atoms with Gasteiger partial charge in [0.05, 0.1) is 6.61 Å². The molecule has 1 aromatic rings. The smallest absolute Gasteiger partial charge is 0.244 e. The molecule has 0 radical (unpaired) electrons. The van der Waals surface area contributed by atoms with Crippen molar-refractivity contribution in [3.05, 3.63) is 35.9 Å². The molecule has 22 heavy (non-hydrogen) atoms. The summed E-state index contributed by atoms with van der Waals surface area (Å²) < 4.78 is 5.49. The average Bonchev–Trinajstić information content (AvgIpc) is 3.35. The maximum absolute atomic E-state index is 11.7. The molecule has 118 valence electrons. The molecule has 1 saturated carbocycles. The number of hydrogen-bond acceptors (Lipinski definition) is 3. The van der Waals surface area contributed by atoms with E-state index in [1.165, 1.54) is 6.08 Å². The van der Waals surface area contributed by atoms with E-state index in [0.29, 0.717) is 19.7 Å². The van der Waals surface area contributed by atoms with E-state index in [9.17, 15) is 9.59 Å². The van der Waals surface area contributed by atoms with Crippen molar-refractivity contribution >= 4 is 17.9 Å². The predicted molar refractivity (Wildman–Crippen MR) is 85.4 cm³/mol. The highest BCUT2D eigenvalue weighted by molar-refractivity contribution is 5.92. The van der Waals surface area contributed by atoms with Crippen LogP contribution in [0.5, 0.6) is 5.75 Å². The fourth-order valence-corrected chi connectivity index (χ4v) is 1.99. The number of hydrogen-bond donors (Lipinski definition) is 2. The average molecular weight is 302 g/mol. The Bertz CT molecular complexity index is 551. The van der Waals surface area contributed by atoms with E-state index in [1.807, 2.05) is 31.2 Å². The topological polar surface area (TPSA) is 67.4 Å². The van der Waals surface area contributed by atoms with Gasteiger partial charge in [0.15, 0.2) is 0 Å². The largest absolute Gasteiger partial charge is 0.493 e. The summed E-state index contributed by atoms with van der Waals surface area (Å²) in [6, 6.07) is 7.55. The van der Waals surface area contributed by atoms with Gasteiger partial charge in [-0.05, 0) is 31.9 Å². The highest BCUT2D eigenvalue weighted by atomic mass is 16.5. The second-order valence-corrected chi connectivity index (χ2v) is 5.16. The van der Waals surface area contributed by atoms with Crippen molar-refractivity contribution in [2.24, 2.45) is 5.92 Å². The van der Waals surface area contributed by atoms with Gasteiger partial charge in [-0.3, -0.25) is 9.59 Å². The number of carbonyl (C=O) groups excluding carboxylic acids is 2. The van der Waals surface area contributed by atoms with Gasteiger partial charge in [-0.15, -0.1) is 0 Å². The number of nitrogens with one attached hydrogen (secondary N) is 2. The van der Waals surface area contributed by atoms with Crippen LogP contribution in [-0.4, -0.2) is 31.5 Å². The number of ether oxygens (including phenoxy) is 1. The Morgan fingerprint density at radius 2 is 1.95 bits per heavy atom. The molecule has 0 aliphatic heterocycles. The molecule has 5 nitrogen and oxygen atoms in total. The molecule has 2 rings (SSSR count). The number of carbonyl (C=O) groups is 2. The zero-order valence-electron chi connectivity index (χ0n) is 12.8. The summed E-state index contributed by atoms with van der Waals surface area (Å²) in [4.78, 5) is 23.1. The highest BCUT2D eigenvalue weighted by Gasteiger charge is 2.28. The van der Waals surface area contributed by atoms with Gasteiger partial charge >= 0.3 is 0 Å². The highest BCUT2D eigenvalue weighted by Crippen LogP contribution is 2.28. The van der Waals surface area contributed by atoms with Crippen LogP contribution in [0.25, 0.3) is 6.08 Å². The summed E-state index contributed by atoms with van der Waals surface area (Å²) >= 11 is 0. The van der Waals surface area contributed by atoms with E-state index >= 15 is 0 Å². The van der Waals surface area contributed by atoms with E-state index in [0.717, 1.165) is 24.2 Å². The van der Waals surface area contributed by atoms with Crippen LogP contribution < -0.4 is 15.4 Å². The Morgan fingerprint density at radius 1 is 1.23 bits per heavy atom. The first-order valence-corrected chi connectivity index (χ1v) is 7.66. The number of amides is 2. The molecule has 0 spiro atoms. The summed E-state index contributed by atoms with van der Waals surface area (Å²) in [5.74, 6) is 0.860. The van der Waals surface area contributed by atoms with Gasteiger partial charge < -0.3 is 15.4 Å². The maximum Gasteiger partial charge on any atom is 0.244 e. The molecular formula is C17H22N2O3. The SMILES string of the molecule is CCOc1ccccc1C=CC(=O)NCCNC(=O)C1CC1. The lowest BCUT2D eigenvalue weighted by Gasteiger charge is -2.06. The Hall–Kier alpha value is -2.30. The van der Waals surface area contributed by atoms with Crippen LogP contribution >= 0.6 is 0 Å². The molecule has 2 amide bonds. The quantitative estimate of drug-likeness (QED) is 0.568. The molecule has 0 saturated heterocycles. The molecule has 1 aliphatic rings. The standard InChI is InChI=1S/C17H22N2O3/c1-2-22-15-6-4-3-5-13(15)9-10-16(20)18-11-12-19-17(21)14-7-8-14/h3-6,9-10,14H,2,7-8,11-12H2,1H3,(H,18,20)(H,19,21). The second kappa shape index (κ2) is 8.22. The van der Waals surface area contributed by atoms with Crippen molar-refractivity contribution in [1.82, 2.24) is 10.6 Å². The third kappa shape index (κ3) is 5.24. The van der Waals surface area contributed by atoms with Gasteiger partial charge in [0, 0.05) is 30.6 Å². The summed E-state index contributed by atoms with van der Waals surface area (Å²) in [6.07, 6.45) is 5.17. The van der Waals surface area contributed by atoms with E-state index < -0.39 is 0 Å².